The minimum absolute atomic E-state index is 0.00501. The molecule has 0 saturated heterocycles. The van der Waals surface area contributed by atoms with E-state index < -0.39 is 27.8 Å². The topological polar surface area (TPSA) is 177 Å². The van der Waals surface area contributed by atoms with E-state index in [1.165, 1.54) is 0 Å². The van der Waals surface area contributed by atoms with Crippen LogP contribution in [0.25, 0.3) is 54.0 Å². The van der Waals surface area contributed by atoms with Crippen LogP contribution in [0.15, 0.2) is 61.2 Å². The molecule has 0 radical (unpaired) electrons. The van der Waals surface area contributed by atoms with Crippen molar-refractivity contribution in [2.24, 2.45) is 5.73 Å². The van der Waals surface area contributed by atoms with Crippen molar-refractivity contribution in [3.8, 4) is 22.5 Å². The van der Waals surface area contributed by atoms with Gasteiger partial charge in [0.1, 0.15) is 19.1 Å². The number of aromatic nitrogens is 6. The summed E-state index contributed by atoms with van der Waals surface area (Å²) < 4.78 is 21.7. The third kappa shape index (κ3) is 14.8. The normalized spacial score (nSPS) is 18.0. The highest BCUT2D eigenvalue weighted by Gasteiger charge is 2.31. The van der Waals surface area contributed by atoms with Crippen LogP contribution >= 0.6 is 0 Å². The SMILES string of the molecule is [C-]#[N+]c1ccc2c(-c3nc(N[C@H]4CCC[C@@H]4N)ncc3C)cn(COCC[Si](C)(C)C)c2c1.[C-]#[N+]c1ccc2c(-c3nc(N[C@H]4CCC[C@@H]4NC(=O)OC(C)(C)C)ncc3C)cn(COCC[Si](C)(C)C)c2c1. The summed E-state index contributed by atoms with van der Waals surface area (Å²) >= 11 is 0. The molecule has 2 fully saturated rings. The van der Waals surface area contributed by atoms with Gasteiger partial charge in [0.15, 0.2) is 11.4 Å². The van der Waals surface area contributed by atoms with Gasteiger partial charge in [0.2, 0.25) is 11.9 Å². The maximum absolute atomic E-state index is 12.4. The van der Waals surface area contributed by atoms with Crippen molar-refractivity contribution in [1.82, 2.24) is 34.4 Å². The van der Waals surface area contributed by atoms with Crippen molar-refractivity contribution in [2.45, 2.75) is 168 Å². The third-order valence-corrected chi connectivity index (χ3v) is 16.7. The zero-order valence-corrected chi connectivity index (χ0v) is 46.9. The van der Waals surface area contributed by atoms with Gasteiger partial charge in [-0.2, -0.15) is 0 Å². The predicted molar refractivity (Wildman–Crippen MR) is 300 cm³/mol. The van der Waals surface area contributed by atoms with Crippen LogP contribution < -0.4 is 21.7 Å². The first-order chi connectivity index (χ1) is 34.6. The lowest BCUT2D eigenvalue weighted by Crippen LogP contribution is -2.45. The number of fused-ring (bicyclic) bond motifs is 2. The zero-order chi connectivity index (χ0) is 52.7. The van der Waals surface area contributed by atoms with Gasteiger partial charge in [-0.15, -0.1) is 0 Å². The number of aryl methyl sites for hydroxylation is 2. The van der Waals surface area contributed by atoms with Crippen molar-refractivity contribution >= 4 is 67.3 Å². The molecule has 388 valence electrons. The van der Waals surface area contributed by atoms with Crippen LogP contribution in [0.3, 0.4) is 0 Å². The summed E-state index contributed by atoms with van der Waals surface area (Å²) in [6, 6.07) is 14.1. The van der Waals surface area contributed by atoms with Gasteiger partial charge in [-0.05, 0) is 108 Å². The molecule has 16 nitrogen and oxygen atoms in total. The molecule has 0 aliphatic heterocycles. The van der Waals surface area contributed by atoms with E-state index in [1.807, 2.05) is 83.4 Å². The first kappa shape index (κ1) is 54.6. The number of rotatable bonds is 17. The smallest absolute Gasteiger partial charge is 0.407 e. The van der Waals surface area contributed by atoms with Crippen LogP contribution in [0.1, 0.15) is 70.4 Å². The van der Waals surface area contributed by atoms with E-state index >= 15 is 0 Å². The summed E-state index contributed by atoms with van der Waals surface area (Å²) in [5.74, 6) is 1.14. The Balaban J connectivity index is 0.000000218. The largest absolute Gasteiger partial charge is 0.444 e. The lowest BCUT2D eigenvalue weighted by molar-refractivity contribution is 0.0503. The Bertz CT molecular complexity index is 2970. The molecule has 1 amide bonds. The molecule has 2 aromatic carbocycles. The molecule has 2 aliphatic carbocycles. The highest BCUT2D eigenvalue weighted by Crippen LogP contribution is 2.36. The molecule has 0 unspecified atom stereocenters. The first-order valence-corrected chi connectivity index (χ1v) is 33.1. The average Bonchev–Trinajstić information content (AvgIpc) is 4.12. The van der Waals surface area contributed by atoms with Gasteiger partial charge in [-0.1, -0.05) is 63.5 Å². The molecule has 5 N–H and O–H groups in total. The summed E-state index contributed by atoms with van der Waals surface area (Å²) in [5.41, 5.74) is 14.5. The maximum atomic E-state index is 12.4. The molecule has 18 heteroatoms. The number of hydrogen-bond donors (Lipinski definition) is 4. The summed E-state index contributed by atoms with van der Waals surface area (Å²) in [4.78, 5) is 38.6. The molecule has 4 heterocycles. The predicted octanol–water partition coefficient (Wildman–Crippen LogP) is 12.7. The molecule has 0 bridgehead atoms. The number of anilines is 2. The van der Waals surface area contributed by atoms with Crippen LogP contribution in [0.2, 0.25) is 51.4 Å². The van der Waals surface area contributed by atoms with Gasteiger partial charge in [-0.25, -0.2) is 34.4 Å². The summed E-state index contributed by atoms with van der Waals surface area (Å²) in [6.45, 7) is 40.9. The van der Waals surface area contributed by atoms with Crippen molar-refractivity contribution in [3.63, 3.8) is 0 Å². The molecule has 73 heavy (non-hydrogen) atoms. The number of nitrogens with one attached hydrogen (secondary N) is 3. The van der Waals surface area contributed by atoms with E-state index in [2.05, 4.69) is 96.4 Å². The summed E-state index contributed by atoms with van der Waals surface area (Å²) in [7, 11) is -2.35. The van der Waals surface area contributed by atoms with E-state index in [-0.39, 0.29) is 24.2 Å². The molecule has 8 rings (SSSR count). The van der Waals surface area contributed by atoms with Gasteiger partial charge in [0.05, 0.1) is 30.6 Å². The van der Waals surface area contributed by atoms with Gasteiger partial charge < -0.3 is 45.0 Å². The Morgan fingerprint density at radius 3 is 1.60 bits per heavy atom. The molecular weight excluding hydrogens is 949 g/mol. The Hall–Kier alpha value is -6.16. The first-order valence-electron chi connectivity index (χ1n) is 25.7. The number of hydrogen-bond acceptors (Lipinski definition) is 11. The van der Waals surface area contributed by atoms with E-state index in [4.69, 9.17) is 43.1 Å². The summed E-state index contributed by atoms with van der Waals surface area (Å²) in [6.07, 6.45) is 13.4. The van der Waals surface area contributed by atoms with Crippen LogP contribution in [-0.2, 0) is 27.7 Å². The van der Waals surface area contributed by atoms with Crippen LogP contribution in [-0.4, -0.2) is 94.3 Å². The molecule has 2 aliphatic rings. The fourth-order valence-corrected chi connectivity index (χ4v) is 10.7. The average molecular weight is 1030 g/mol. The van der Waals surface area contributed by atoms with Crippen molar-refractivity contribution < 1.29 is 19.0 Å². The minimum Gasteiger partial charge on any atom is -0.444 e. The number of ether oxygens (including phenoxy) is 3. The highest BCUT2D eigenvalue weighted by molar-refractivity contribution is 6.76. The van der Waals surface area contributed by atoms with Crippen LogP contribution in [0, 0.1) is 27.0 Å². The van der Waals surface area contributed by atoms with Gasteiger partial charge in [0.25, 0.3) is 0 Å². The number of alkyl carbamates (subject to hydrolysis) is 1. The van der Waals surface area contributed by atoms with Crippen molar-refractivity contribution in [3.05, 3.63) is 95.1 Å². The number of nitrogens with two attached hydrogens (primary N) is 1. The Morgan fingerprint density at radius 2 is 1.16 bits per heavy atom. The maximum Gasteiger partial charge on any atom is 0.407 e. The second-order valence-corrected chi connectivity index (χ2v) is 34.3. The number of carbonyl (C=O) groups excluding carboxylic acids is 1. The quantitative estimate of drug-likeness (QED) is 0.0388. The molecule has 2 saturated carbocycles. The van der Waals surface area contributed by atoms with E-state index in [9.17, 15) is 4.79 Å². The molecule has 4 aromatic heterocycles. The van der Waals surface area contributed by atoms with Crippen molar-refractivity contribution in [2.75, 3.05) is 23.8 Å². The lowest BCUT2D eigenvalue weighted by Gasteiger charge is -2.25. The van der Waals surface area contributed by atoms with Gasteiger partial charge in [-0.3, -0.25) is 0 Å². The minimum atomic E-state index is -1.19. The molecule has 4 atom stereocenters. The van der Waals surface area contributed by atoms with Gasteiger partial charge in [0, 0.05) is 105 Å². The number of amides is 1. The Labute approximate surface area is 433 Å². The number of carbonyl (C=O) groups is 1. The fraction of sp³-hybridized carbons (Fsp3) is 0.509. The monoisotopic (exact) mass is 1020 g/mol. The second kappa shape index (κ2) is 23.4. The molecular formula is C55H76N12O4Si2. The van der Waals surface area contributed by atoms with Crippen molar-refractivity contribution in [1.29, 1.82) is 0 Å². The zero-order valence-electron chi connectivity index (χ0n) is 44.9. The Kier molecular flexibility index (Phi) is 17.5. The third-order valence-electron chi connectivity index (χ3n) is 13.3. The fourth-order valence-electron chi connectivity index (χ4n) is 9.21. The van der Waals surface area contributed by atoms with Crippen LogP contribution in [0.4, 0.5) is 28.1 Å². The molecule has 6 aromatic rings. The second-order valence-electron chi connectivity index (χ2n) is 23.1. The standard InChI is InChI=1S/C30H42N6O3Si.C25H34N6OSi/c1-20-17-32-28(33-24-10-9-11-25(24)34-29(37)39-30(2,3)4)35-27(20)23-18-36(19-38-14-15-40(6,7)8)26-16-21(31-5)12-13-22(23)26;1-17-14-28-25(29-22-8-6-7-21(22)26)30-24(17)20-15-31(16-32-11-12-33(3,4)5)23-13-18(27-2)9-10-19(20)23/h12-13,16-18,24-25H,9-11,14-15,19H2,1-4,6-8H3,(H,34,37)(H,32,33,35);9-10,13-15,21-22H,6-8,11-12,16,26H2,1,3-5H3,(H,28,29,30)/t24-,25-;21-,22-/m00/s1. The van der Waals surface area contributed by atoms with E-state index in [0.29, 0.717) is 43.3 Å². The Morgan fingerprint density at radius 1 is 0.712 bits per heavy atom. The van der Waals surface area contributed by atoms with Crippen LogP contribution in [0.5, 0.6) is 0 Å². The van der Waals surface area contributed by atoms with E-state index in [0.717, 1.165) is 113 Å². The number of nitrogens with zero attached hydrogens (tertiary/aromatic N) is 8. The van der Waals surface area contributed by atoms with Gasteiger partial charge >= 0.3 is 6.09 Å². The number of benzene rings is 2. The van der Waals surface area contributed by atoms with E-state index in [1.54, 1.807) is 0 Å². The highest BCUT2D eigenvalue weighted by atomic mass is 28.3. The molecule has 0 spiro atoms. The summed E-state index contributed by atoms with van der Waals surface area (Å²) in [5, 5.41) is 12.0. The lowest BCUT2D eigenvalue weighted by atomic mass is 10.1.